The molecule has 0 saturated heterocycles. The molecule has 0 aliphatic rings. The number of ether oxygens (including phenoxy) is 1. The van der Waals surface area contributed by atoms with E-state index in [2.05, 4.69) is 18.5 Å². The van der Waals surface area contributed by atoms with Crippen LogP contribution in [-0.4, -0.2) is 25.2 Å². The topological polar surface area (TPSA) is 45.0 Å². The van der Waals surface area contributed by atoms with E-state index in [1.165, 1.54) is 11.3 Å². The predicted molar refractivity (Wildman–Crippen MR) is 76.8 cm³/mol. The number of hydrogen-bond donors (Lipinski definition) is 1. The van der Waals surface area contributed by atoms with E-state index >= 15 is 0 Å². The number of nitrogens with zero attached hydrogens (tertiary/aromatic N) is 1. The minimum absolute atomic E-state index is 0.101. The molecule has 1 N–H and O–H groups in total. The summed E-state index contributed by atoms with van der Waals surface area (Å²) < 4.78 is 5.20. The van der Waals surface area contributed by atoms with Gasteiger partial charge < -0.3 is 10.1 Å². The van der Waals surface area contributed by atoms with E-state index in [-0.39, 0.29) is 6.61 Å². The van der Waals surface area contributed by atoms with Crippen LogP contribution in [0, 0.1) is 17.2 Å². The lowest BCUT2D eigenvalue weighted by Gasteiger charge is -2.11. The highest BCUT2D eigenvalue weighted by Gasteiger charge is 2.00. The fourth-order valence-electron chi connectivity index (χ4n) is 1.63. The lowest BCUT2D eigenvalue weighted by Crippen LogP contribution is -2.21. The summed E-state index contributed by atoms with van der Waals surface area (Å²) >= 11 is 1.88. The third kappa shape index (κ3) is 5.95. The SMILES string of the molecule is CSCC(C)CNCc1ccc(OCC#N)cc1. The maximum Gasteiger partial charge on any atom is 0.174 e. The fourth-order valence-corrected chi connectivity index (χ4v) is 2.31. The van der Waals surface area contributed by atoms with Crippen molar-refractivity contribution in [1.82, 2.24) is 5.32 Å². The molecule has 0 bridgehead atoms. The van der Waals surface area contributed by atoms with E-state index in [1.807, 2.05) is 42.1 Å². The molecule has 0 spiro atoms. The van der Waals surface area contributed by atoms with Crippen molar-refractivity contribution in [3.05, 3.63) is 29.8 Å². The third-order valence-electron chi connectivity index (χ3n) is 2.50. The van der Waals surface area contributed by atoms with Crippen LogP contribution in [0.25, 0.3) is 0 Å². The molecule has 1 atom stereocenters. The number of rotatable bonds is 8. The van der Waals surface area contributed by atoms with Gasteiger partial charge in [0.2, 0.25) is 0 Å². The van der Waals surface area contributed by atoms with Crippen molar-refractivity contribution >= 4 is 11.8 Å². The minimum atomic E-state index is 0.101. The van der Waals surface area contributed by atoms with Crippen LogP contribution in [-0.2, 0) is 6.54 Å². The summed E-state index contributed by atoms with van der Waals surface area (Å²) in [6, 6.07) is 9.81. The first-order valence-corrected chi connectivity index (χ1v) is 7.44. The second-order valence-electron chi connectivity index (χ2n) is 4.28. The molecule has 4 heteroatoms. The van der Waals surface area contributed by atoms with Crippen molar-refractivity contribution in [2.24, 2.45) is 5.92 Å². The second-order valence-corrected chi connectivity index (χ2v) is 5.19. The lowest BCUT2D eigenvalue weighted by molar-refractivity contribution is 0.368. The predicted octanol–water partition coefficient (Wildman–Crippen LogP) is 2.68. The maximum absolute atomic E-state index is 8.41. The quantitative estimate of drug-likeness (QED) is 0.784. The van der Waals surface area contributed by atoms with Gasteiger partial charge in [-0.2, -0.15) is 17.0 Å². The molecule has 3 nitrogen and oxygen atoms in total. The van der Waals surface area contributed by atoms with E-state index in [0.29, 0.717) is 5.92 Å². The third-order valence-corrected chi connectivity index (χ3v) is 3.40. The number of thioether (sulfide) groups is 1. The molecular formula is C14H20N2OS. The first-order valence-electron chi connectivity index (χ1n) is 6.04. The number of nitrogens with one attached hydrogen (secondary N) is 1. The van der Waals surface area contributed by atoms with Gasteiger partial charge >= 0.3 is 0 Å². The van der Waals surface area contributed by atoms with E-state index in [0.717, 1.165) is 18.8 Å². The number of hydrogen-bond acceptors (Lipinski definition) is 4. The Morgan fingerprint density at radius 3 is 2.72 bits per heavy atom. The summed E-state index contributed by atoms with van der Waals surface area (Å²) in [5.74, 6) is 2.63. The molecule has 1 rings (SSSR count). The van der Waals surface area contributed by atoms with Crippen LogP contribution in [0.5, 0.6) is 5.75 Å². The average molecular weight is 264 g/mol. The van der Waals surface area contributed by atoms with Gasteiger partial charge in [0.1, 0.15) is 11.8 Å². The molecule has 18 heavy (non-hydrogen) atoms. The van der Waals surface area contributed by atoms with Crippen LogP contribution in [0.4, 0.5) is 0 Å². The molecule has 0 heterocycles. The van der Waals surface area contributed by atoms with E-state index in [9.17, 15) is 0 Å². The summed E-state index contributed by atoms with van der Waals surface area (Å²) in [6.45, 7) is 4.26. The molecule has 0 aliphatic heterocycles. The Bertz CT molecular complexity index is 372. The minimum Gasteiger partial charge on any atom is -0.479 e. The summed E-state index contributed by atoms with van der Waals surface area (Å²) in [5.41, 5.74) is 1.23. The molecule has 1 aromatic rings. The zero-order valence-corrected chi connectivity index (χ0v) is 11.8. The van der Waals surface area contributed by atoms with Crippen molar-refractivity contribution in [1.29, 1.82) is 5.26 Å². The number of benzene rings is 1. The molecule has 0 radical (unpaired) electrons. The zero-order valence-electron chi connectivity index (χ0n) is 11.0. The Morgan fingerprint density at radius 2 is 2.11 bits per heavy atom. The van der Waals surface area contributed by atoms with Gasteiger partial charge in [0.25, 0.3) is 0 Å². The molecule has 0 aromatic heterocycles. The van der Waals surface area contributed by atoms with Crippen LogP contribution < -0.4 is 10.1 Å². The Balaban J connectivity index is 2.29. The van der Waals surface area contributed by atoms with Crippen LogP contribution in [0.2, 0.25) is 0 Å². The molecular weight excluding hydrogens is 244 g/mol. The van der Waals surface area contributed by atoms with Crippen LogP contribution in [0.3, 0.4) is 0 Å². The Hall–Kier alpha value is -1.18. The van der Waals surface area contributed by atoms with Crippen LogP contribution in [0.15, 0.2) is 24.3 Å². The molecule has 1 aromatic carbocycles. The van der Waals surface area contributed by atoms with Gasteiger partial charge in [-0.15, -0.1) is 0 Å². The smallest absolute Gasteiger partial charge is 0.174 e. The second kappa shape index (κ2) is 8.84. The van der Waals surface area contributed by atoms with Crippen molar-refractivity contribution in [3.8, 4) is 11.8 Å². The molecule has 0 amide bonds. The zero-order chi connectivity index (χ0) is 13.2. The van der Waals surface area contributed by atoms with Gasteiger partial charge in [-0.05, 0) is 42.2 Å². The van der Waals surface area contributed by atoms with Crippen LogP contribution in [0.1, 0.15) is 12.5 Å². The molecule has 98 valence electrons. The molecule has 0 aliphatic carbocycles. The summed E-state index contributed by atoms with van der Waals surface area (Å²) in [7, 11) is 0. The Labute approximate surface area is 114 Å². The van der Waals surface area contributed by atoms with Crippen LogP contribution >= 0.6 is 11.8 Å². The van der Waals surface area contributed by atoms with Gasteiger partial charge in [0.05, 0.1) is 0 Å². The van der Waals surface area contributed by atoms with Crippen molar-refractivity contribution in [2.45, 2.75) is 13.5 Å². The fraction of sp³-hybridized carbons (Fsp3) is 0.500. The normalized spacial score (nSPS) is 11.8. The summed E-state index contributed by atoms with van der Waals surface area (Å²) in [4.78, 5) is 0. The average Bonchev–Trinajstić information content (AvgIpc) is 2.38. The molecule has 1 unspecified atom stereocenters. The van der Waals surface area contributed by atoms with E-state index in [1.54, 1.807) is 0 Å². The Morgan fingerprint density at radius 1 is 1.39 bits per heavy atom. The first-order chi connectivity index (χ1) is 8.76. The highest BCUT2D eigenvalue weighted by atomic mass is 32.2. The summed E-state index contributed by atoms with van der Waals surface area (Å²) in [5, 5.41) is 11.8. The first kappa shape index (κ1) is 14.9. The van der Waals surface area contributed by atoms with E-state index < -0.39 is 0 Å². The van der Waals surface area contributed by atoms with Crippen molar-refractivity contribution in [3.63, 3.8) is 0 Å². The number of nitriles is 1. The largest absolute Gasteiger partial charge is 0.479 e. The Kier molecular flexibility index (Phi) is 7.31. The lowest BCUT2D eigenvalue weighted by atomic mass is 10.2. The summed E-state index contributed by atoms with van der Waals surface area (Å²) in [6.07, 6.45) is 2.14. The van der Waals surface area contributed by atoms with Crippen molar-refractivity contribution in [2.75, 3.05) is 25.2 Å². The standard InChI is InChI=1S/C14H20N2OS/c1-12(11-18-2)9-16-10-13-3-5-14(6-4-13)17-8-7-15/h3-6,12,16H,8-11H2,1-2H3. The van der Waals surface area contributed by atoms with Gasteiger partial charge in [-0.3, -0.25) is 0 Å². The van der Waals surface area contributed by atoms with Gasteiger partial charge in [-0.25, -0.2) is 0 Å². The highest BCUT2D eigenvalue weighted by molar-refractivity contribution is 7.98. The van der Waals surface area contributed by atoms with E-state index in [4.69, 9.17) is 10.00 Å². The maximum atomic E-state index is 8.41. The molecule has 0 saturated carbocycles. The van der Waals surface area contributed by atoms with Gasteiger partial charge in [0, 0.05) is 6.54 Å². The van der Waals surface area contributed by atoms with Gasteiger partial charge in [0.15, 0.2) is 6.61 Å². The molecule has 0 fully saturated rings. The van der Waals surface area contributed by atoms with Gasteiger partial charge in [-0.1, -0.05) is 19.1 Å². The van der Waals surface area contributed by atoms with Crippen molar-refractivity contribution < 1.29 is 4.74 Å². The monoisotopic (exact) mass is 264 g/mol. The highest BCUT2D eigenvalue weighted by Crippen LogP contribution is 2.12.